The number of nitrogens with one attached hydrogen (secondary N) is 1. The molecule has 0 aliphatic rings. The van der Waals surface area contributed by atoms with Gasteiger partial charge in [-0.25, -0.2) is 0 Å². The zero-order chi connectivity index (χ0) is 13.5. The topological polar surface area (TPSA) is 35.5 Å². The molecular formula is C13H20Cl2N2O. The number of aliphatic hydroxyl groups excluding tert-OH is 1. The lowest BCUT2D eigenvalue weighted by Crippen LogP contribution is -2.35. The maximum Gasteiger partial charge on any atom is 0.0791 e. The zero-order valence-corrected chi connectivity index (χ0v) is 12.3. The highest BCUT2D eigenvalue weighted by molar-refractivity contribution is 6.35. The number of rotatable bonds is 7. The summed E-state index contributed by atoms with van der Waals surface area (Å²) in [5, 5.41) is 14.2. The molecule has 0 amide bonds. The fraction of sp³-hybridized carbons (Fsp3) is 0.538. The Bertz CT molecular complexity index is 372. The van der Waals surface area contributed by atoms with Crippen LogP contribution in [0.3, 0.4) is 0 Å². The Morgan fingerprint density at radius 3 is 2.67 bits per heavy atom. The summed E-state index contributed by atoms with van der Waals surface area (Å²) in [6.45, 7) is 2.03. The summed E-state index contributed by atoms with van der Waals surface area (Å²) in [4.78, 5) is 1.96. The molecule has 1 atom stereocenters. The molecule has 1 rings (SSSR count). The molecule has 102 valence electrons. The number of benzene rings is 1. The van der Waals surface area contributed by atoms with Crippen LogP contribution >= 0.6 is 23.2 Å². The molecule has 0 fully saturated rings. The maximum atomic E-state index is 9.66. The predicted octanol–water partition coefficient (Wildman–Crippen LogP) is 2.05. The highest BCUT2D eigenvalue weighted by Gasteiger charge is 2.05. The molecule has 0 aliphatic heterocycles. The first kappa shape index (κ1) is 15.7. The van der Waals surface area contributed by atoms with Crippen LogP contribution in [0.4, 0.5) is 0 Å². The van der Waals surface area contributed by atoms with E-state index < -0.39 is 0 Å². The van der Waals surface area contributed by atoms with E-state index in [0.29, 0.717) is 23.1 Å². The lowest BCUT2D eigenvalue weighted by molar-refractivity contribution is 0.135. The summed E-state index contributed by atoms with van der Waals surface area (Å²) in [5.41, 5.74) is 1.07. The molecule has 0 bridgehead atoms. The van der Waals surface area contributed by atoms with Crippen molar-refractivity contribution in [3.63, 3.8) is 0 Å². The Hall–Kier alpha value is -0.320. The van der Waals surface area contributed by atoms with Crippen LogP contribution in [0.25, 0.3) is 0 Å². The molecule has 0 aliphatic carbocycles. The number of hydrogen-bond acceptors (Lipinski definition) is 3. The van der Waals surface area contributed by atoms with Crippen molar-refractivity contribution in [2.24, 2.45) is 0 Å². The van der Waals surface area contributed by atoms with Crippen LogP contribution < -0.4 is 5.32 Å². The quantitative estimate of drug-likeness (QED) is 0.755. The first-order chi connectivity index (χ1) is 8.49. The summed E-state index contributed by atoms with van der Waals surface area (Å²) in [6.07, 6.45) is 0.478. The molecule has 18 heavy (non-hydrogen) atoms. The van der Waals surface area contributed by atoms with Crippen molar-refractivity contribution >= 4 is 23.2 Å². The summed E-state index contributed by atoms with van der Waals surface area (Å²) >= 11 is 11.9. The molecule has 0 saturated heterocycles. The molecular weight excluding hydrogens is 271 g/mol. The van der Waals surface area contributed by atoms with Crippen molar-refractivity contribution in [3.05, 3.63) is 33.8 Å². The molecule has 0 aromatic heterocycles. The van der Waals surface area contributed by atoms with Crippen molar-refractivity contribution < 1.29 is 5.11 Å². The van der Waals surface area contributed by atoms with Gasteiger partial charge >= 0.3 is 0 Å². The van der Waals surface area contributed by atoms with Crippen LogP contribution in [-0.2, 0) is 6.42 Å². The first-order valence-corrected chi connectivity index (χ1v) is 6.72. The summed E-state index contributed by atoms with van der Waals surface area (Å²) in [6, 6.07) is 5.52. The van der Waals surface area contributed by atoms with Gasteiger partial charge in [0.2, 0.25) is 0 Å². The van der Waals surface area contributed by atoms with E-state index in [1.807, 2.05) is 31.1 Å². The Balaban J connectivity index is 2.25. The number of aliphatic hydroxyl groups is 1. The van der Waals surface area contributed by atoms with E-state index in [2.05, 4.69) is 5.32 Å². The Morgan fingerprint density at radius 1 is 1.33 bits per heavy atom. The van der Waals surface area contributed by atoms with Crippen molar-refractivity contribution in [2.45, 2.75) is 12.5 Å². The number of hydrogen-bond donors (Lipinski definition) is 2. The Labute approximate surface area is 119 Å². The second-order valence-electron chi connectivity index (χ2n) is 4.61. The van der Waals surface area contributed by atoms with Gasteiger partial charge in [0, 0.05) is 23.1 Å². The number of nitrogens with zero attached hydrogens (tertiary/aromatic N) is 1. The van der Waals surface area contributed by atoms with Crippen molar-refractivity contribution in [1.82, 2.24) is 10.2 Å². The van der Waals surface area contributed by atoms with E-state index >= 15 is 0 Å². The van der Waals surface area contributed by atoms with Crippen molar-refractivity contribution in [3.8, 4) is 0 Å². The van der Waals surface area contributed by atoms with E-state index in [1.54, 1.807) is 6.07 Å². The van der Waals surface area contributed by atoms with E-state index in [-0.39, 0.29) is 6.10 Å². The highest BCUT2D eigenvalue weighted by atomic mass is 35.5. The van der Waals surface area contributed by atoms with Gasteiger partial charge in [-0.3, -0.25) is 0 Å². The van der Waals surface area contributed by atoms with E-state index in [9.17, 15) is 5.11 Å². The van der Waals surface area contributed by atoms with Gasteiger partial charge in [0.05, 0.1) is 6.10 Å². The van der Waals surface area contributed by atoms with Gasteiger partial charge in [-0.15, -0.1) is 0 Å². The lowest BCUT2D eigenvalue weighted by atomic mass is 10.1. The lowest BCUT2D eigenvalue weighted by Gasteiger charge is -2.16. The Kier molecular flexibility index (Phi) is 6.97. The number of likely N-dealkylation sites (N-methyl/N-ethyl adjacent to an activating group) is 1. The third-order valence-corrected chi connectivity index (χ3v) is 3.13. The van der Waals surface area contributed by atoms with E-state index in [1.165, 1.54) is 0 Å². The van der Waals surface area contributed by atoms with Crippen LogP contribution in [0, 0.1) is 0 Å². The normalized spacial score (nSPS) is 13.0. The molecule has 2 N–H and O–H groups in total. The second kappa shape index (κ2) is 7.97. The van der Waals surface area contributed by atoms with Crippen molar-refractivity contribution in [1.29, 1.82) is 0 Å². The highest BCUT2D eigenvalue weighted by Crippen LogP contribution is 2.20. The molecule has 1 aromatic carbocycles. The Morgan fingerprint density at radius 2 is 2.06 bits per heavy atom. The second-order valence-corrected chi connectivity index (χ2v) is 5.45. The van der Waals surface area contributed by atoms with Gasteiger partial charge in [0.1, 0.15) is 0 Å². The average Bonchev–Trinajstić information content (AvgIpc) is 2.25. The average molecular weight is 291 g/mol. The monoisotopic (exact) mass is 290 g/mol. The van der Waals surface area contributed by atoms with Crippen LogP contribution in [0.1, 0.15) is 5.56 Å². The molecule has 0 heterocycles. The minimum Gasteiger partial charge on any atom is -0.390 e. The van der Waals surface area contributed by atoms with Crippen molar-refractivity contribution in [2.75, 3.05) is 33.7 Å². The molecule has 3 nitrogen and oxygen atoms in total. The molecule has 0 saturated carbocycles. The standard InChI is InChI=1S/C13H20Cl2N2O/c1-17(2)9-12(18)8-16-6-5-10-3-4-11(14)7-13(10)15/h3-4,7,12,16,18H,5-6,8-9H2,1-2H3. The third kappa shape index (κ3) is 6.03. The fourth-order valence-corrected chi connectivity index (χ4v) is 2.21. The predicted molar refractivity (Wildman–Crippen MR) is 77.6 cm³/mol. The van der Waals surface area contributed by atoms with Crippen LogP contribution in [0.15, 0.2) is 18.2 Å². The summed E-state index contributed by atoms with van der Waals surface area (Å²) < 4.78 is 0. The van der Waals surface area contributed by atoms with Gasteiger partial charge in [0.25, 0.3) is 0 Å². The van der Waals surface area contributed by atoms with Gasteiger partial charge in [0.15, 0.2) is 0 Å². The fourth-order valence-electron chi connectivity index (χ4n) is 1.70. The molecule has 1 unspecified atom stereocenters. The van der Waals surface area contributed by atoms with E-state index in [0.717, 1.165) is 18.5 Å². The van der Waals surface area contributed by atoms with Crippen LogP contribution in [-0.4, -0.2) is 49.8 Å². The summed E-state index contributed by atoms with van der Waals surface area (Å²) in [5.74, 6) is 0. The first-order valence-electron chi connectivity index (χ1n) is 5.96. The summed E-state index contributed by atoms with van der Waals surface area (Å²) in [7, 11) is 3.88. The minimum absolute atomic E-state index is 0.347. The maximum absolute atomic E-state index is 9.66. The minimum atomic E-state index is -0.347. The van der Waals surface area contributed by atoms with Gasteiger partial charge < -0.3 is 15.3 Å². The van der Waals surface area contributed by atoms with Crippen LogP contribution in [0.5, 0.6) is 0 Å². The largest absolute Gasteiger partial charge is 0.390 e. The SMILES string of the molecule is CN(C)CC(O)CNCCc1ccc(Cl)cc1Cl. The van der Waals surface area contributed by atoms with Gasteiger partial charge in [-0.05, 0) is 44.8 Å². The molecule has 5 heteroatoms. The van der Waals surface area contributed by atoms with Crippen LogP contribution in [0.2, 0.25) is 10.0 Å². The van der Waals surface area contributed by atoms with E-state index in [4.69, 9.17) is 23.2 Å². The molecule has 1 aromatic rings. The molecule has 0 radical (unpaired) electrons. The zero-order valence-electron chi connectivity index (χ0n) is 10.8. The smallest absolute Gasteiger partial charge is 0.0791 e. The molecule has 0 spiro atoms. The van der Waals surface area contributed by atoms with Gasteiger partial charge in [-0.1, -0.05) is 29.3 Å². The third-order valence-electron chi connectivity index (χ3n) is 2.54. The number of halogens is 2. The van der Waals surface area contributed by atoms with Gasteiger partial charge in [-0.2, -0.15) is 0 Å².